The number of benzene rings is 3. The maximum atomic E-state index is 14.1. The maximum Gasteiger partial charge on any atom is 0.335 e. The van der Waals surface area contributed by atoms with E-state index < -0.39 is 17.8 Å². The van der Waals surface area contributed by atoms with Gasteiger partial charge in [0.2, 0.25) is 0 Å². The van der Waals surface area contributed by atoms with Crippen LogP contribution in [0.5, 0.6) is 5.75 Å². The Bertz CT molecular complexity index is 1320. The number of halogens is 2. The Kier molecular flexibility index (Phi) is 6.75. The topological polar surface area (TPSA) is 75.7 Å². The summed E-state index contributed by atoms with van der Waals surface area (Å²) in [7, 11) is 0. The Hall–Kier alpha value is -3.97. The van der Waals surface area contributed by atoms with Gasteiger partial charge in [-0.2, -0.15) is 0 Å². The third-order valence-electron chi connectivity index (χ3n) is 5.21. The standard InChI is InChI=1S/C26H20ClFN2O4/c1-2-34-23-13-16(10-11-18(23)14-17-6-3-4-9-22(17)28)12-21-24(31)29-26(33)30(25(21)32)20-8-5-7-19(27)15-20/h3-13,15H,2,14H2,1H3,(H,29,31,33)/b21-12+. The predicted octanol–water partition coefficient (Wildman–Crippen LogP) is 5.14. The zero-order valence-electron chi connectivity index (χ0n) is 18.2. The quantitative estimate of drug-likeness (QED) is 0.393. The Balaban J connectivity index is 1.68. The van der Waals surface area contributed by atoms with E-state index in [1.807, 2.05) is 6.92 Å². The van der Waals surface area contributed by atoms with Gasteiger partial charge in [0, 0.05) is 11.4 Å². The van der Waals surface area contributed by atoms with Gasteiger partial charge in [-0.15, -0.1) is 0 Å². The number of carbonyl (C=O) groups excluding carboxylic acids is 3. The number of nitrogens with zero attached hydrogens (tertiary/aromatic N) is 1. The molecule has 3 aromatic carbocycles. The number of hydrogen-bond donors (Lipinski definition) is 1. The van der Waals surface area contributed by atoms with Gasteiger partial charge in [0.25, 0.3) is 11.8 Å². The minimum absolute atomic E-state index is 0.219. The second-order valence-corrected chi connectivity index (χ2v) is 7.94. The van der Waals surface area contributed by atoms with Gasteiger partial charge < -0.3 is 4.74 Å². The van der Waals surface area contributed by atoms with Crippen molar-refractivity contribution in [1.82, 2.24) is 5.32 Å². The van der Waals surface area contributed by atoms with Gasteiger partial charge in [0.15, 0.2) is 0 Å². The number of nitrogens with one attached hydrogen (secondary N) is 1. The molecule has 0 aromatic heterocycles. The molecule has 0 bridgehead atoms. The number of ether oxygens (including phenoxy) is 1. The van der Waals surface area contributed by atoms with Crippen molar-refractivity contribution in [2.24, 2.45) is 0 Å². The Morgan fingerprint density at radius 2 is 1.79 bits per heavy atom. The van der Waals surface area contributed by atoms with E-state index in [-0.39, 0.29) is 17.1 Å². The van der Waals surface area contributed by atoms with Gasteiger partial charge in [-0.1, -0.05) is 48.0 Å². The van der Waals surface area contributed by atoms with E-state index in [1.54, 1.807) is 54.6 Å². The average Bonchev–Trinajstić information content (AvgIpc) is 2.80. The minimum atomic E-state index is -0.857. The third kappa shape index (κ3) is 4.84. The van der Waals surface area contributed by atoms with Gasteiger partial charge in [-0.05, 0) is 60.0 Å². The summed E-state index contributed by atoms with van der Waals surface area (Å²) >= 11 is 6.00. The zero-order valence-corrected chi connectivity index (χ0v) is 18.9. The van der Waals surface area contributed by atoms with Crippen molar-refractivity contribution in [3.8, 4) is 5.75 Å². The molecular weight excluding hydrogens is 459 g/mol. The number of carbonyl (C=O) groups is 3. The lowest BCUT2D eigenvalue weighted by atomic mass is 10.00. The van der Waals surface area contributed by atoms with Crippen molar-refractivity contribution in [2.75, 3.05) is 11.5 Å². The Morgan fingerprint density at radius 1 is 1.00 bits per heavy atom. The molecule has 0 radical (unpaired) electrons. The van der Waals surface area contributed by atoms with Crippen LogP contribution in [-0.4, -0.2) is 24.5 Å². The summed E-state index contributed by atoms with van der Waals surface area (Å²) in [4.78, 5) is 38.8. The lowest BCUT2D eigenvalue weighted by Gasteiger charge is -2.26. The SMILES string of the molecule is CCOc1cc(/C=C2\C(=O)NC(=O)N(c3cccc(Cl)c3)C2=O)ccc1Cc1ccccc1F. The second kappa shape index (κ2) is 9.89. The van der Waals surface area contributed by atoms with Crippen molar-refractivity contribution < 1.29 is 23.5 Å². The first-order valence-electron chi connectivity index (χ1n) is 10.5. The average molecular weight is 479 g/mol. The van der Waals surface area contributed by atoms with Crippen molar-refractivity contribution >= 4 is 41.2 Å². The summed E-state index contributed by atoms with van der Waals surface area (Å²) in [6.45, 7) is 2.20. The minimum Gasteiger partial charge on any atom is -0.494 e. The molecule has 8 heteroatoms. The highest BCUT2D eigenvalue weighted by Crippen LogP contribution is 2.28. The van der Waals surface area contributed by atoms with Gasteiger partial charge in [0.1, 0.15) is 17.1 Å². The number of amides is 4. The molecule has 0 spiro atoms. The molecule has 0 aliphatic carbocycles. The molecule has 0 atom stereocenters. The molecule has 172 valence electrons. The van der Waals surface area contributed by atoms with Crippen LogP contribution >= 0.6 is 11.6 Å². The molecule has 1 saturated heterocycles. The number of anilines is 1. The normalized spacial score (nSPS) is 15.0. The highest BCUT2D eigenvalue weighted by Gasteiger charge is 2.36. The van der Waals surface area contributed by atoms with Gasteiger partial charge in [-0.25, -0.2) is 14.1 Å². The number of rotatable bonds is 6. The summed E-state index contributed by atoms with van der Waals surface area (Å²) in [6.07, 6.45) is 1.70. The number of urea groups is 1. The van der Waals surface area contributed by atoms with Gasteiger partial charge >= 0.3 is 6.03 Å². The molecule has 4 rings (SSSR count). The van der Waals surface area contributed by atoms with Crippen LogP contribution in [0, 0.1) is 5.82 Å². The molecule has 1 aliphatic rings. The molecule has 1 fully saturated rings. The lowest BCUT2D eigenvalue weighted by molar-refractivity contribution is -0.122. The zero-order chi connectivity index (χ0) is 24.2. The fraction of sp³-hybridized carbons (Fsp3) is 0.115. The van der Waals surface area contributed by atoms with E-state index in [4.69, 9.17) is 16.3 Å². The van der Waals surface area contributed by atoms with E-state index in [0.717, 1.165) is 10.5 Å². The first-order valence-corrected chi connectivity index (χ1v) is 10.9. The van der Waals surface area contributed by atoms with Crippen LogP contribution in [0.2, 0.25) is 5.02 Å². The van der Waals surface area contributed by atoms with E-state index in [2.05, 4.69) is 5.32 Å². The monoisotopic (exact) mass is 478 g/mol. The summed E-state index contributed by atoms with van der Waals surface area (Å²) in [6, 6.07) is 17.0. The van der Waals surface area contributed by atoms with Crippen LogP contribution in [-0.2, 0) is 16.0 Å². The molecule has 0 unspecified atom stereocenters. The van der Waals surface area contributed by atoms with Gasteiger partial charge in [-0.3, -0.25) is 14.9 Å². The molecule has 0 saturated carbocycles. The summed E-state index contributed by atoms with van der Waals surface area (Å²) in [5.41, 5.74) is 1.81. The molecule has 3 aromatic rings. The van der Waals surface area contributed by atoms with Crippen molar-refractivity contribution in [1.29, 1.82) is 0 Å². The van der Waals surface area contributed by atoms with Crippen molar-refractivity contribution in [2.45, 2.75) is 13.3 Å². The molecule has 6 nitrogen and oxygen atoms in total. The molecular formula is C26H20ClFN2O4. The number of imide groups is 2. The lowest BCUT2D eigenvalue weighted by Crippen LogP contribution is -2.54. The smallest absolute Gasteiger partial charge is 0.335 e. The summed E-state index contributed by atoms with van der Waals surface area (Å²) < 4.78 is 19.9. The Morgan fingerprint density at radius 3 is 2.53 bits per heavy atom. The van der Waals surface area contributed by atoms with Crippen LogP contribution in [0.15, 0.2) is 72.3 Å². The highest BCUT2D eigenvalue weighted by molar-refractivity contribution is 6.39. The van der Waals surface area contributed by atoms with E-state index in [9.17, 15) is 18.8 Å². The fourth-order valence-corrected chi connectivity index (χ4v) is 3.80. The van der Waals surface area contributed by atoms with E-state index in [1.165, 1.54) is 18.2 Å². The molecule has 1 heterocycles. The molecule has 4 amide bonds. The van der Waals surface area contributed by atoms with Crippen LogP contribution in [0.25, 0.3) is 6.08 Å². The largest absolute Gasteiger partial charge is 0.494 e. The number of barbiturate groups is 1. The molecule has 34 heavy (non-hydrogen) atoms. The maximum absolute atomic E-state index is 14.1. The number of hydrogen-bond acceptors (Lipinski definition) is 4. The molecule has 1 aliphatic heterocycles. The van der Waals surface area contributed by atoms with Crippen LogP contribution in [0.1, 0.15) is 23.6 Å². The van der Waals surface area contributed by atoms with Gasteiger partial charge in [0.05, 0.1) is 12.3 Å². The first kappa shape index (κ1) is 23.2. The van der Waals surface area contributed by atoms with Crippen molar-refractivity contribution in [3.63, 3.8) is 0 Å². The first-order chi connectivity index (χ1) is 16.4. The fourth-order valence-electron chi connectivity index (χ4n) is 3.62. The Labute approximate surface area is 200 Å². The summed E-state index contributed by atoms with van der Waals surface area (Å²) in [5.74, 6) is -1.39. The predicted molar refractivity (Wildman–Crippen MR) is 127 cm³/mol. The molecule has 1 N–H and O–H groups in total. The van der Waals surface area contributed by atoms with Crippen LogP contribution in [0.4, 0.5) is 14.9 Å². The van der Waals surface area contributed by atoms with Crippen LogP contribution in [0.3, 0.4) is 0 Å². The van der Waals surface area contributed by atoms with E-state index in [0.29, 0.717) is 34.9 Å². The third-order valence-corrected chi connectivity index (χ3v) is 5.44. The highest BCUT2D eigenvalue weighted by atomic mass is 35.5. The van der Waals surface area contributed by atoms with Crippen LogP contribution < -0.4 is 15.0 Å². The van der Waals surface area contributed by atoms with Crippen molar-refractivity contribution in [3.05, 3.63) is 99.8 Å². The summed E-state index contributed by atoms with van der Waals surface area (Å²) in [5, 5.41) is 2.52. The van der Waals surface area contributed by atoms with E-state index >= 15 is 0 Å². The second-order valence-electron chi connectivity index (χ2n) is 7.51.